The summed E-state index contributed by atoms with van der Waals surface area (Å²) in [7, 11) is 0.497. The molecule has 0 amide bonds. The number of nitriles is 1. The molecule has 0 aliphatic heterocycles. The van der Waals surface area contributed by atoms with Crippen molar-refractivity contribution in [3.63, 3.8) is 0 Å². The molecule has 11 nitrogen and oxygen atoms in total. The normalized spacial score (nSPS) is 17.2. The van der Waals surface area contributed by atoms with Gasteiger partial charge in [-0.15, -0.1) is 0 Å². The molecule has 0 radical (unpaired) electrons. The van der Waals surface area contributed by atoms with Gasteiger partial charge in [0.25, 0.3) is 5.56 Å². The highest BCUT2D eigenvalue weighted by Crippen LogP contribution is 2.26. The van der Waals surface area contributed by atoms with Gasteiger partial charge < -0.3 is 10.2 Å². The molecular weight excluding hydrogens is 564 g/mol. The first-order valence-electron chi connectivity index (χ1n) is 14.3. The molecule has 0 atom stereocenters. The Kier molecular flexibility index (Phi) is 8.75. The molecule has 4 aromatic rings. The number of sulfonamides is 1. The Hall–Kier alpha value is -4.34. The SMILES string of the molecule is CC(C)n1c(=O)c(-c2ccc(NS(=O)(=O)Cc3ccc(C#N)cc3)nc2)cc2cnc(NC3CCC(N(C)C)CC3)nc21. The van der Waals surface area contributed by atoms with Gasteiger partial charge in [-0.05, 0) is 89.5 Å². The summed E-state index contributed by atoms with van der Waals surface area (Å²) in [6.07, 6.45) is 7.52. The third kappa shape index (κ3) is 7.01. The first-order valence-corrected chi connectivity index (χ1v) is 16.0. The predicted molar refractivity (Wildman–Crippen MR) is 168 cm³/mol. The van der Waals surface area contributed by atoms with Gasteiger partial charge in [0.2, 0.25) is 16.0 Å². The summed E-state index contributed by atoms with van der Waals surface area (Å²) in [4.78, 5) is 29.6. The van der Waals surface area contributed by atoms with E-state index in [2.05, 4.69) is 39.0 Å². The lowest BCUT2D eigenvalue weighted by atomic mass is 9.91. The second kappa shape index (κ2) is 12.5. The average molecular weight is 601 g/mol. The van der Waals surface area contributed by atoms with Gasteiger partial charge in [-0.1, -0.05) is 12.1 Å². The Bertz CT molecular complexity index is 1800. The molecule has 1 aromatic carbocycles. The van der Waals surface area contributed by atoms with Crippen molar-refractivity contribution < 1.29 is 8.42 Å². The summed E-state index contributed by atoms with van der Waals surface area (Å²) in [5, 5.41) is 13.1. The van der Waals surface area contributed by atoms with Crippen LogP contribution in [0.2, 0.25) is 0 Å². The van der Waals surface area contributed by atoms with E-state index in [-0.39, 0.29) is 23.2 Å². The van der Waals surface area contributed by atoms with Crippen LogP contribution >= 0.6 is 0 Å². The summed E-state index contributed by atoms with van der Waals surface area (Å²) in [6, 6.07) is 14.1. The maximum Gasteiger partial charge on any atom is 0.260 e. The van der Waals surface area contributed by atoms with Crippen LogP contribution in [-0.2, 0) is 15.8 Å². The van der Waals surface area contributed by atoms with E-state index >= 15 is 0 Å². The highest BCUT2D eigenvalue weighted by molar-refractivity contribution is 7.91. The van der Waals surface area contributed by atoms with Gasteiger partial charge in [-0.2, -0.15) is 10.2 Å². The molecule has 3 aromatic heterocycles. The van der Waals surface area contributed by atoms with Crippen molar-refractivity contribution in [1.82, 2.24) is 24.4 Å². The van der Waals surface area contributed by atoms with Crippen molar-refractivity contribution in [3.8, 4) is 17.2 Å². The lowest BCUT2D eigenvalue weighted by molar-refractivity contribution is 0.221. The predicted octanol–water partition coefficient (Wildman–Crippen LogP) is 4.53. The first-order chi connectivity index (χ1) is 20.5. The number of fused-ring (bicyclic) bond motifs is 1. The zero-order valence-corrected chi connectivity index (χ0v) is 25.6. The van der Waals surface area contributed by atoms with Crippen LogP contribution in [0.5, 0.6) is 0 Å². The number of rotatable bonds is 9. The van der Waals surface area contributed by atoms with Gasteiger partial charge in [0.05, 0.1) is 17.4 Å². The van der Waals surface area contributed by atoms with E-state index in [4.69, 9.17) is 10.2 Å². The number of pyridine rings is 2. The smallest absolute Gasteiger partial charge is 0.260 e. The molecule has 2 N–H and O–H groups in total. The van der Waals surface area contributed by atoms with Crippen molar-refractivity contribution >= 4 is 32.8 Å². The maximum atomic E-state index is 13.7. The molecule has 0 bridgehead atoms. The molecule has 1 saturated carbocycles. The van der Waals surface area contributed by atoms with Crippen molar-refractivity contribution in [2.24, 2.45) is 0 Å². The third-order valence-electron chi connectivity index (χ3n) is 7.82. The highest BCUT2D eigenvalue weighted by Gasteiger charge is 2.23. The van der Waals surface area contributed by atoms with Crippen LogP contribution in [0.15, 0.2) is 59.7 Å². The maximum absolute atomic E-state index is 13.7. The van der Waals surface area contributed by atoms with Crippen LogP contribution in [0.3, 0.4) is 0 Å². The van der Waals surface area contributed by atoms with Gasteiger partial charge in [0.15, 0.2) is 0 Å². The minimum Gasteiger partial charge on any atom is -0.351 e. The topological polar surface area (TPSA) is 146 Å². The van der Waals surface area contributed by atoms with Gasteiger partial charge >= 0.3 is 0 Å². The van der Waals surface area contributed by atoms with E-state index in [1.165, 1.54) is 12.3 Å². The van der Waals surface area contributed by atoms with Gasteiger partial charge in [-0.25, -0.2) is 18.4 Å². The molecule has 1 fully saturated rings. The van der Waals surface area contributed by atoms with Crippen molar-refractivity contribution in [3.05, 3.63) is 76.3 Å². The van der Waals surface area contributed by atoms with E-state index in [1.54, 1.807) is 47.2 Å². The van der Waals surface area contributed by atoms with Crippen LogP contribution in [0.1, 0.15) is 56.7 Å². The summed E-state index contributed by atoms with van der Waals surface area (Å²) >= 11 is 0. The van der Waals surface area contributed by atoms with Crippen LogP contribution < -0.4 is 15.6 Å². The van der Waals surface area contributed by atoms with Crippen molar-refractivity contribution in [2.75, 3.05) is 24.1 Å². The van der Waals surface area contributed by atoms with Crippen LogP contribution in [0.4, 0.5) is 11.8 Å². The van der Waals surface area contributed by atoms with Crippen LogP contribution in [-0.4, -0.2) is 59.0 Å². The molecule has 1 aliphatic carbocycles. The number of anilines is 2. The molecule has 0 unspecified atom stereocenters. The fraction of sp³-hybridized carbons (Fsp3) is 0.387. The minimum atomic E-state index is -3.75. The Morgan fingerprint density at radius 1 is 1.05 bits per heavy atom. The Morgan fingerprint density at radius 2 is 1.77 bits per heavy atom. The summed E-state index contributed by atoms with van der Waals surface area (Å²) in [5.41, 5.74) is 2.32. The van der Waals surface area contributed by atoms with E-state index in [0.29, 0.717) is 45.9 Å². The van der Waals surface area contributed by atoms with Crippen molar-refractivity contribution in [2.45, 2.75) is 63.4 Å². The number of hydrogen-bond donors (Lipinski definition) is 2. The summed E-state index contributed by atoms with van der Waals surface area (Å²) in [5.74, 6) is 0.391. The van der Waals surface area contributed by atoms with Gasteiger partial charge in [0, 0.05) is 47.0 Å². The van der Waals surface area contributed by atoms with Crippen molar-refractivity contribution in [1.29, 1.82) is 5.26 Å². The molecule has 0 spiro atoms. The molecule has 1 aliphatic rings. The largest absolute Gasteiger partial charge is 0.351 e. The fourth-order valence-electron chi connectivity index (χ4n) is 5.50. The molecule has 0 saturated heterocycles. The molecule has 224 valence electrons. The standard InChI is InChI=1S/C31H36N8O3S/c1-20(2)39-29-24(18-34-31(36-29)35-25-10-12-26(13-11-25)38(3)4)15-27(30(39)40)23-9-14-28(33-17-23)37-43(41,42)19-22-7-5-21(16-32)6-8-22/h5-9,14-15,17-18,20,25-26H,10-13,19H2,1-4H3,(H,33,37)(H,34,35,36). The zero-order chi connectivity index (χ0) is 30.7. The second-order valence-electron chi connectivity index (χ2n) is 11.5. The Morgan fingerprint density at radius 3 is 2.37 bits per heavy atom. The Labute approximate surface area is 251 Å². The summed E-state index contributed by atoms with van der Waals surface area (Å²) < 4.78 is 29.5. The van der Waals surface area contributed by atoms with Crippen LogP contribution in [0.25, 0.3) is 22.2 Å². The third-order valence-corrected chi connectivity index (χ3v) is 9.06. The number of nitrogens with one attached hydrogen (secondary N) is 2. The fourth-order valence-corrected chi connectivity index (χ4v) is 6.64. The Balaban J connectivity index is 1.36. The first kappa shape index (κ1) is 30.1. The summed E-state index contributed by atoms with van der Waals surface area (Å²) in [6.45, 7) is 3.87. The molecule has 5 rings (SSSR count). The van der Waals surface area contributed by atoms with E-state index in [1.807, 2.05) is 19.9 Å². The molecule has 3 heterocycles. The van der Waals surface area contributed by atoms with E-state index in [9.17, 15) is 13.2 Å². The molecule has 12 heteroatoms. The van der Waals surface area contributed by atoms with Crippen LogP contribution in [0, 0.1) is 11.3 Å². The second-order valence-corrected chi connectivity index (χ2v) is 13.2. The lowest BCUT2D eigenvalue weighted by Crippen LogP contribution is -2.36. The minimum absolute atomic E-state index is 0.140. The van der Waals surface area contributed by atoms with Gasteiger partial charge in [-0.3, -0.25) is 14.1 Å². The van der Waals surface area contributed by atoms with E-state index in [0.717, 1.165) is 31.1 Å². The number of benzene rings is 1. The molecule has 43 heavy (non-hydrogen) atoms. The average Bonchev–Trinajstić information content (AvgIpc) is 2.97. The number of aromatic nitrogens is 4. The van der Waals surface area contributed by atoms with Gasteiger partial charge in [0.1, 0.15) is 11.5 Å². The monoisotopic (exact) mass is 600 g/mol. The highest BCUT2D eigenvalue weighted by atomic mass is 32.2. The number of nitrogens with zero attached hydrogens (tertiary/aromatic N) is 6. The zero-order valence-electron chi connectivity index (χ0n) is 24.8. The van der Waals surface area contributed by atoms with E-state index < -0.39 is 10.0 Å². The number of hydrogen-bond acceptors (Lipinski definition) is 9. The molecular formula is C31H36N8O3S. The lowest BCUT2D eigenvalue weighted by Gasteiger charge is -2.33. The quantitative estimate of drug-likeness (QED) is 0.283.